The quantitative estimate of drug-likeness (QED) is 0.700. The van der Waals surface area contributed by atoms with Crippen LogP contribution in [0.5, 0.6) is 0 Å². The summed E-state index contributed by atoms with van der Waals surface area (Å²) in [6.45, 7) is 0. The van der Waals surface area contributed by atoms with Crippen molar-refractivity contribution >= 4 is 24.8 Å². The highest BCUT2D eigenvalue weighted by Gasteiger charge is 2.20. The second-order valence-corrected chi connectivity index (χ2v) is 2.49. The van der Waals surface area contributed by atoms with Crippen molar-refractivity contribution in [3.8, 4) is 0 Å². The Morgan fingerprint density at radius 1 is 1.42 bits per heavy atom. The van der Waals surface area contributed by atoms with Crippen LogP contribution in [0.1, 0.15) is 23.8 Å². The van der Waals surface area contributed by atoms with Gasteiger partial charge in [0.25, 0.3) is 0 Å². The van der Waals surface area contributed by atoms with E-state index < -0.39 is 0 Å². The van der Waals surface area contributed by atoms with Crippen LogP contribution in [-0.4, -0.2) is 15.1 Å². The van der Waals surface area contributed by atoms with E-state index in [0.717, 1.165) is 24.1 Å². The summed E-state index contributed by atoms with van der Waals surface area (Å²) in [7, 11) is 0. The molecule has 5 heteroatoms. The monoisotopic (exact) mass is 208 g/mol. The Morgan fingerprint density at radius 2 is 2.17 bits per heavy atom. The smallest absolute Gasteiger partial charge is 0.115 e. The van der Waals surface area contributed by atoms with E-state index in [9.17, 15) is 5.11 Å². The zero-order valence-electron chi connectivity index (χ0n) is 6.30. The third kappa shape index (κ3) is 1.86. The van der Waals surface area contributed by atoms with Crippen LogP contribution < -0.4 is 0 Å². The molecule has 0 aliphatic heterocycles. The number of aliphatic hydroxyl groups is 1. The lowest BCUT2D eigenvalue weighted by atomic mass is 10.3. The molecule has 1 aliphatic rings. The van der Waals surface area contributed by atoms with E-state index in [2.05, 4.69) is 9.97 Å². The SMILES string of the molecule is Cl.Cl.OC1CCc2cncnc21. The van der Waals surface area contributed by atoms with Gasteiger partial charge in [0.2, 0.25) is 0 Å². The van der Waals surface area contributed by atoms with Gasteiger partial charge < -0.3 is 5.11 Å². The molecule has 3 nitrogen and oxygen atoms in total. The van der Waals surface area contributed by atoms with Gasteiger partial charge in [0.1, 0.15) is 6.33 Å². The van der Waals surface area contributed by atoms with E-state index in [1.807, 2.05) is 0 Å². The van der Waals surface area contributed by atoms with Gasteiger partial charge in [0, 0.05) is 6.20 Å². The standard InChI is InChI=1S/C7H8N2O.2ClH/c10-6-2-1-5-3-8-4-9-7(5)6;;/h3-4,6,10H,1-2H2;2*1H. The van der Waals surface area contributed by atoms with Crippen LogP contribution in [0.25, 0.3) is 0 Å². The fourth-order valence-corrected chi connectivity index (χ4v) is 1.29. The number of nitrogens with zero attached hydrogens (tertiary/aromatic N) is 2. The molecule has 1 heterocycles. The molecular weight excluding hydrogens is 199 g/mol. The molecule has 68 valence electrons. The van der Waals surface area contributed by atoms with Crippen LogP contribution in [0, 0.1) is 0 Å². The average Bonchev–Trinajstić information content (AvgIpc) is 2.34. The van der Waals surface area contributed by atoms with Crippen LogP contribution in [0.2, 0.25) is 0 Å². The predicted molar refractivity (Wildman–Crippen MR) is 49.8 cm³/mol. The van der Waals surface area contributed by atoms with Gasteiger partial charge in [0.15, 0.2) is 0 Å². The average molecular weight is 209 g/mol. The zero-order valence-corrected chi connectivity index (χ0v) is 7.94. The van der Waals surface area contributed by atoms with Crippen molar-refractivity contribution in [2.24, 2.45) is 0 Å². The van der Waals surface area contributed by atoms with Crippen LogP contribution in [-0.2, 0) is 6.42 Å². The second-order valence-electron chi connectivity index (χ2n) is 2.49. The topological polar surface area (TPSA) is 46.0 Å². The Hall–Kier alpha value is -0.380. The predicted octanol–water partition coefficient (Wildman–Crippen LogP) is 1.30. The molecular formula is C7H10Cl2N2O. The normalized spacial score (nSPS) is 18.9. The molecule has 0 spiro atoms. The Morgan fingerprint density at radius 3 is 2.83 bits per heavy atom. The lowest BCUT2D eigenvalue weighted by Gasteiger charge is -1.98. The minimum Gasteiger partial charge on any atom is -0.387 e. The number of fused-ring (bicyclic) bond motifs is 1. The molecule has 0 saturated carbocycles. The summed E-state index contributed by atoms with van der Waals surface area (Å²) in [6, 6.07) is 0. The molecule has 0 aromatic carbocycles. The van der Waals surface area contributed by atoms with Crippen LogP contribution in [0.4, 0.5) is 0 Å². The third-order valence-electron chi connectivity index (χ3n) is 1.83. The molecule has 1 aromatic rings. The molecule has 2 rings (SSSR count). The summed E-state index contributed by atoms with van der Waals surface area (Å²) in [5.74, 6) is 0. The van der Waals surface area contributed by atoms with E-state index in [1.54, 1.807) is 6.20 Å². The second kappa shape index (κ2) is 4.60. The largest absolute Gasteiger partial charge is 0.387 e. The Bertz CT molecular complexity index is 257. The summed E-state index contributed by atoms with van der Waals surface area (Å²) >= 11 is 0. The number of rotatable bonds is 0. The summed E-state index contributed by atoms with van der Waals surface area (Å²) in [5.41, 5.74) is 1.91. The molecule has 1 atom stereocenters. The van der Waals surface area contributed by atoms with E-state index in [-0.39, 0.29) is 30.9 Å². The van der Waals surface area contributed by atoms with E-state index in [0.29, 0.717) is 0 Å². The molecule has 1 N–H and O–H groups in total. The molecule has 0 saturated heterocycles. The van der Waals surface area contributed by atoms with E-state index in [1.165, 1.54) is 6.33 Å². The minimum absolute atomic E-state index is 0. The van der Waals surface area contributed by atoms with Crippen LogP contribution in [0.3, 0.4) is 0 Å². The van der Waals surface area contributed by atoms with Crippen LogP contribution >= 0.6 is 24.8 Å². The lowest BCUT2D eigenvalue weighted by Crippen LogP contribution is -1.94. The fraction of sp³-hybridized carbons (Fsp3) is 0.429. The molecule has 0 amide bonds. The summed E-state index contributed by atoms with van der Waals surface area (Å²) in [6.07, 6.45) is 4.62. The number of halogens is 2. The van der Waals surface area contributed by atoms with Gasteiger partial charge in [-0.05, 0) is 18.4 Å². The van der Waals surface area contributed by atoms with Gasteiger partial charge in [-0.1, -0.05) is 0 Å². The molecule has 1 aliphatic carbocycles. The van der Waals surface area contributed by atoms with Gasteiger partial charge in [-0.15, -0.1) is 24.8 Å². The molecule has 12 heavy (non-hydrogen) atoms. The maximum absolute atomic E-state index is 9.29. The highest BCUT2D eigenvalue weighted by molar-refractivity contribution is 5.85. The lowest BCUT2D eigenvalue weighted by molar-refractivity contribution is 0.175. The first kappa shape index (κ1) is 11.6. The highest BCUT2D eigenvalue weighted by atomic mass is 35.5. The van der Waals surface area contributed by atoms with Crippen molar-refractivity contribution in [2.75, 3.05) is 0 Å². The van der Waals surface area contributed by atoms with Crippen molar-refractivity contribution in [2.45, 2.75) is 18.9 Å². The molecule has 1 unspecified atom stereocenters. The third-order valence-corrected chi connectivity index (χ3v) is 1.83. The molecule has 0 fully saturated rings. The number of hydrogen-bond donors (Lipinski definition) is 1. The fourth-order valence-electron chi connectivity index (χ4n) is 1.29. The Labute approximate surface area is 83.1 Å². The maximum Gasteiger partial charge on any atom is 0.115 e. The van der Waals surface area contributed by atoms with Crippen molar-refractivity contribution in [3.63, 3.8) is 0 Å². The van der Waals surface area contributed by atoms with E-state index in [4.69, 9.17) is 0 Å². The molecule has 0 radical (unpaired) electrons. The first-order valence-corrected chi connectivity index (χ1v) is 3.35. The highest BCUT2D eigenvalue weighted by Crippen LogP contribution is 2.27. The summed E-state index contributed by atoms with van der Waals surface area (Å²) in [4.78, 5) is 7.85. The minimum atomic E-state index is -0.349. The molecule has 0 bridgehead atoms. The summed E-state index contributed by atoms with van der Waals surface area (Å²) in [5, 5.41) is 9.29. The van der Waals surface area contributed by atoms with Gasteiger partial charge >= 0.3 is 0 Å². The summed E-state index contributed by atoms with van der Waals surface area (Å²) < 4.78 is 0. The van der Waals surface area contributed by atoms with Gasteiger partial charge in [0.05, 0.1) is 11.8 Å². The first-order valence-electron chi connectivity index (χ1n) is 3.35. The Balaban J connectivity index is 0.000000605. The maximum atomic E-state index is 9.29. The van der Waals surface area contributed by atoms with E-state index >= 15 is 0 Å². The van der Waals surface area contributed by atoms with Gasteiger partial charge in [-0.25, -0.2) is 9.97 Å². The number of aromatic nitrogens is 2. The van der Waals surface area contributed by atoms with Gasteiger partial charge in [-0.2, -0.15) is 0 Å². The van der Waals surface area contributed by atoms with Crippen LogP contribution in [0.15, 0.2) is 12.5 Å². The van der Waals surface area contributed by atoms with Crippen molar-refractivity contribution in [3.05, 3.63) is 23.8 Å². The van der Waals surface area contributed by atoms with Crippen molar-refractivity contribution in [1.29, 1.82) is 0 Å². The number of aliphatic hydroxyl groups excluding tert-OH is 1. The number of aryl methyl sites for hydroxylation is 1. The first-order chi connectivity index (χ1) is 4.88. The number of hydrogen-bond acceptors (Lipinski definition) is 3. The Kier molecular flexibility index (Phi) is 4.45. The zero-order chi connectivity index (χ0) is 6.97. The van der Waals surface area contributed by atoms with Crippen molar-refractivity contribution in [1.82, 2.24) is 9.97 Å². The van der Waals surface area contributed by atoms with Gasteiger partial charge in [-0.3, -0.25) is 0 Å². The molecule has 1 aromatic heterocycles. The van der Waals surface area contributed by atoms with Crippen molar-refractivity contribution < 1.29 is 5.11 Å².